The van der Waals surface area contributed by atoms with Gasteiger partial charge in [0.2, 0.25) is 0 Å². The van der Waals surface area contributed by atoms with Gasteiger partial charge in [-0.2, -0.15) is 5.10 Å². The van der Waals surface area contributed by atoms with Crippen LogP contribution < -0.4 is 0 Å². The molecule has 88 valence electrons. The zero-order valence-corrected chi connectivity index (χ0v) is 10.3. The highest BCUT2D eigenvalue weighted by molar-refractivity contribution is 5.71. The van der Waals surface area contributed by atoms with Crippen molar-refractivity contribution in [2.45, 2.75) is 41.0 Å². The molecule has 0 aliphatic rings. The lowest BCUT2D eigenvalue weighted by atomic mass is 10.3. The highest BCUT2D eigenvalue weighted by Gasteiger charge is 2.03. The van der Waals surface area contributed by atoms with Gasteiger partial charge in [0.25, 0.3) is 0 Å². The lowest BCUT2D eigenvalue weighted by Crippen LogP contribution is -2.07. The highest BCUT2D eigenvalue weighted by atomic mass is 16.5. The fraction of sp³-hybridized carbons (Fsp3) is 0.636. The molecule has 0 atom stereocenters. The van der Waals surface area contributed by atoms with Crippen LogP contribution in [0.5, 0.6) is 0 Å². The van der Waals surface area contributed by atoms with E-state index in [1.165, 1.54) is 0 Å². The minimum atomic E-state index is -0.225. The molecule has 4 nitrogen and oxygen atoms in total. The van der Waals surface area contributed by atoms with Gasteiger partial charge >= 0.3 is 5.97 Å². The first kappa shape index (κ1) is 16.1. The Kier molecular flexibility index (Phi) is 13.6. The molecule has 0 spiro atoms. The van der Waals surface area contributed by atoms with E-state index in [9.17, 15) is 4.79 Å². The third kappa shape index (κ3) is 9.00. The summed E-state index contributed by atoms with van der Waals surface area (Å²) in [6.07, 6.45) is 1.88. The topological polar surface area (TPSA) is 55.0 Å². The van der Waals surface area contributed by atoms with Crippen molar-refractivity contribution in [1.29, 1.82) is 0 Å². The number of rotatable bonds is 3. The number of carbonyl (C=O) groups excluding carboxylic acids is 1. The molecule has 0 unspecified atom stereocenters. The Labute approximate surface area is 92.0 Å². The van der Waals surface area contributed by atoms with Gasteiger partial charge in [-0.3, -0.25) is 9.89 Å². The summed E-state index contributed by atoms with van der Waals surface area (Å²) in [5.41, 5.74) is 0.781. The van der Waals surface area contributed by atoms with Gasteiger partial charge in [-0.25, -0.2) is 0 Å². The number of aromatic amines is 1. The van der Waals surface area contributed by atoms with Gasteiger partial charge in [0, 0.05) is 11.9 Å². The summed E-state index contributed by atoms with van der Waals surface area (Å²) in [7, 11) is 0. The number of aromatic nitrogens is 2. The SMILES string of the molecule is CC.CC.CCOC(=O)Cc1ccn[nH]1. The zero-order chi connectivity index (χ0) is 12.1. The Balaban J connectivity index is 0. The van der Waals surface area contributed by atoms with Crippen molar-refractivity contribution in [3.05, 3.63) is 18.0 Å². The Morgan fingerprint density at radius 3 is 2.40 bits per heavy atom. The van der Waals surface area contributed by atoms with Gasteiger partial charge in [-0.15, -0.1) is 0 Å². The summed E-state index contributed by atoms with van der Waals surface area (Å²) in [5.74, 6) is -0.225. The summed E-state index contributed by atoms with van der Waals surface area (Å²) >= 11 is 0. The second-order valence-corrected chi connectivity index (χ2v) is 2.06. The van der Waals surface area contributed by atoms with Crippen LogP contribution in [0.3, 0.4) is 0 Å². The second kappa shape index (κ2) is 12.7. The van der Waals surface area contributed by atoms with Crippen LogP contribution in [0, 0.1) is 0 Å². The molecular weight excluding hydrogens is 192 g/mol. The summed E-state index contributed by atoms with van der Waals surface area (Å²) in [4.78, 5) is 10.8. The molecule has 1 N–H and O–H groups in total. The molecular formula is C11H22N2O2. The molecule has 1 aromatic rings. The number of hydrogen-bond donors (Lipinski definition) is 1. The molecule has 1 heterocycles. The van der Waals surface area contributed by atoms with Crippen molar-refractivity contribution in [3.63, 3.8) is 0 Å². The monoisotopic (exact) mass is 214 g/mol. The number of nitrogens with one attached hydrogen (secondary N) is 1. The molecule has 0 fully saturated rings. The number of nitrogens with zero attached hydrogens (tertiary/aromatic N) is 1. The predicted molar refractivity (Wildman–Crippen MR) is 61.6 cm³/mol. The molecule has 0 aliphatic carbocycles. The van der Waals surface area contributed by atoms with Crippen molar-refractivity contribution in [3.8, 4) is 0 Å². The normalized spacial score (nSPS) is 7.80. The number of hydrogen-bond acceptors (Lipinski definition) is 3. The largest absolute Gasteiger partial charge is 0.466 e. The van der Waals surface area contributed by atoms with Gasteiger partial charge in [0.15, 0.2) is 0 Å². The summed E-state index contributed by atoms with van der Waals surface area (Å²) in [6, 6.07) is 1.75. The van der Waals surface area contributed by atoms with Crippen LogP contribution in [0.25, 0.3) is 0 Å². The number of H-pyrrole nitrogens is 1. The Morgan fingerprint density at radius 2 is 2.00 bits per heavy atom. The van der Waals surface area contributed by atoms with Crippen LogP contribution in [0.1, 0.15) is 40.3 Å². The minimum Gasteiger partial charge on any atom is -0.466 e. The lowest BCUT2D eigenvalue weighted by molar-refractivity contribution is -0.142. The third-order valence-electron chi connectivity index (χ3n) is 1.20. The maximum atomic E-state index is 10.8. The van der Waals surface area contributed by atoms with E-state index >= 15 is 0 Å². The quantitative estimate of drug-likeness (QED) is 0.787. The maximum absolute atomic E-state index is 10.8. The Bertz CT molecular complexity index is 221. The molecule has 0 radical (unpaired) electrons. The smallest absolute Gasteiger partial charge is 0.311 e. The average Bonchev–Trinajstić information content (AvgIpc) is 2.77. The van der Waals surface area contributed by atoms with Crippen molar-refractivity contribution < 1.29 is 9.53 Å². The van der Waals surface area contributed by atoms with E-state index in [2.05, 4.69) is 10.2 Å². The van der Waals surface area contributed by atoms with E-state index in [1.54, 1.807) is 19.2 Å². The summed E-state index contributed by atoms with van der Waals surface area (Å²) in [5, 5.41) is 6.38. The summed E-state index contributed by atoms with van der Waals surface area (Å²) < 4.78 is 4.73. The van der Waals surface area contributed by atoms with Crippen molar-refractivity contribution in [2.75, 3.05) is 6.61 Å². The average molecular weight is 214 g/mol. The van der Waals surface area contributed by atoms with Gasteiger partial charge in [0.05, 0.1) is 13.0 Å². The number of ether oxygens (including phenoxy) is 1. The van der Waals surface area contributed by atoms with Crippen LogP contribution in [0.2, 0.25) is 0 Å². The molecule has 0 saturated carbocycles. The fourth-order valence-electron chi connectivity index (χ4n) is 0.751. The first-order valence-electron chi connectivity index (χ1n) is 5.46. The molecule has 4 heteroatoms. The van der Waals surface area contributed by atoms with E-state index in [-0.39, 0.29) is 12.4 Å². The molecule has 1 rings (SSSR count). The molecule has 0 amide bonds. The van der Waals surface area contributed by atoms with Gasteiger partial charge in [-0.05, 0) is 13.0 Å². The molecule has 0 saturated heterocycles. The van der Waals surface area contributed by atoms with Crippen LogP contribution in [-0.2, 0) is 16.0 Å². The molecule has 0 bridgehead atoms. The van der Waals surface area contributed by atoms with E-state index < -0.39 is 0 Å². The van der Waals surface area contributed by atoms with E-state index in [0.29, 0.717) is 6.61 Å². The Morgan fingerprint density at radius 1 is 1.40 bits per heavy atom. The first-order valence-corrected chi connectivity index (χ1v) is 5.46. The molecule has 0 aromatic carbocycles. The van der Waals surface area contributed by atoms with Crippen LogP contribution in [0.4, 0.5) is 0 Å². The van der Waals surface area contributed by atoms with Crippen molar-refractivity contribution >= 4 is 5.97 Å². The van der Waals surface area contributed by atoms with E-state index in [0.717, 1.165) is 5.69 Å². The van der Waals surface area contributed by atoms with E-state index in [4.69, 9.17) is 4.74 Å². The van der Waals surface area contributed by atoms with Crippen molar-refractivity contribution in [2.24, 2.45) is 0 Å². The minimum absolute atomic E-state index is 0.225. The first-order chi connectivity index (χ1) is 7.33. The number of esters is 1. The molecule has 0 aliphatic heterocycles. The fourth-order valence-corrected chi connectivity index (χ4v) is 0.751. The van der Waals surface area contributed by atoms with Gasteiger partial charge in [0.1, 0.15) is 0 Å². The van der Waals surface area contributed by atoms with Crippen LogP contribution in [0.15, 0.2) is 12.3 Å². The standard InChI is InChI=1S/C7H10N2O2.2C2H6/c1-2-11-7(10)5-6-3-4-8-9-6;2*1-2/h3-4H,2,5H2,1H3,(H,8,9);2*1-2H3. The predicted octanol–water partition coefficient (Wildman–Crippen LogP) is 2.57. The lowest BCUT2D eigenvalue weighted by Gasteiger charge is -1.97. The molecule has 15 heavy (non-hydrogen) atoms. The van der Waals surface area contributed by atoms with Gasteiger partial charge < -0.3 is 4.74 Å². The van der Waals surface area contributed by atoms with Crippen molar-refractivity contribution in [1.82, 2.24) is 10.2 Å². The molecule has 1 aromatic heterocycles. The second-order valence-electron chi connectivity index (χ2n) is 2.06. The van der Waals surface area contributed by atoms with E-state index in [1.807, 2.05) is 27.7 Å². The zero-order valence-electron chi connectivity index (χ0n) is 10.3. The number of carbonyl (C=O) groups is 1. The highest BCUT2D eigenvalue weighted by Crippen LogP contribution is 1.94. The Hall–Kier alpha value is -1.32. The third-order valence-corrected chi connectivity index (χ3v) is 1.20. The van der Waals surface area contributed by atoms with Gasteiger partial charge in [-0.1, -0.05) is 27.7 Å². The summed E-state index contributed by atoms with van der Waals surface area (Å²) in [6.45, 7) is 10.2. The maximum Gasteiger partial charge on any atom is 0.311 e. The van der Waals surface area contributed by atoms with Crippen LogP contribution >= 0.6 is 0 Å². The van der Waals surface area contributed by atoms with Crippen LogP contribution in [-0.4, -0.2) is 22.8 Å².